The highest BCUT2D eigenvalue weighted by Crippen LogP contribution is 2.19. The van der Waals surface area contributed by atoms with Gasteiger partial charge in [-0.05, 0) is 54.6 Å². The predicted octanol–water partition coefficient (Wildman–Crippen LogP) is 3.02. The molecule has 0 spiro atoms. The first-order chi connectivity index (χ1) is 13.6. The summed E-state index contributed by atoms with van der Waals surface area (Å²) in [6.45, 7) is 6.00. The molecule has 3 N–H and O–H groups in total. The monoisotopic (exact) mass is 378 g/mol. The van der Waals surface area contributed by atoms with Crippen LogP contribution in [0.3, 0.4) is 0 Å². The summed E-state index contributed by atoms with van der Waals surface area (Å²) in [5.41, 5.74) is 3.40. The Balaban J connectivity index is 1.43. The summed E-state index contributed by atoms with van der Waals surface area (Å²) < 4.78 is 0. The molecule has 2 aromatic carbocycles. The third-order valence-electron chi connectivity index (χ3n) is 5.53. The van der Waals surface area contributed by atoms with Gasteiger partial charge >= 0.3 is 0 Å². The van der Waals surface area contributed by atoms with Gasteiger partial charge < -0.3 is 5.32 Å². The van der Waals surface area contributed by atoms with E-state index in [-0.39, 0.29) is 11.5 Å². The van der Waals surface area contributed by atoms with Crippen LogP contribution in [0.15, 0.2) is 47.3 Å². The van der Waals surface area contributed by atoms with Crippen LogP contribution < -0.4 is 10.9 Å². The number of amides is 1. The van der Waals surface area contributed by atoms with Crippen LogP contribution in [0.4, 0.5) is 0 Å². The first-order valence-electron chi connectivity index (χ1n) is 9.88. The lowest BCUT2D eigenvalue weighted by molar-refractivity contribution is 0.0951. The highest BCUT2D eigenvalue weighted by atomic mass is 16.1. The van der Waals surface area contributed by atoms with E-state index in [1.165, 1.54) is 18.4 Å². The van der Waals surface area contributed by atoms with Crippen molar-refractivity contribution in [2.24, 2.45) is 5.92 Å². The van der Waals surface area contributed by atoms with Crippen LogP contribution in [0, 0.1) is 5.92 Å². The van der Waals surface area contributed by atoms with Crippen LogP contribution in [-0.2, 0) is 13.1 Å². The molecular weight excluding hydrogens is 352 g/mol. The number of likely N-dealkylation sites (tertiary alicyclic amines) is 1. The van der Waals surface area contributed by atoms with Crippen LogP contribution in [0.2, 0.25) is 0 Å². The van der Waals surface area contributed by atoms with Crippen molar-refractivity contribution in [2.75, 3.05) is 13.1 Å². The standard InChI is InChI=1S/C22H26N4O2/c1-15-5-4-10-26(13-15)14-18-7-3-2-6-17(18)12-23-21(27)16-8-9-19-20(11-16)24-25-22(19)28/h2-3,6-9,11,15H,4-5,10,12-14H2,1H3,(H,23,27)(H2,24,25,28). The van der Waals surface area contributed by atoms with Gasteiger partial charge in [0.05, 0.1) is 10.9 Å². The molecule has 6 nitrogen and oxygen atoms in total. The van der Waals surface area contributed by atoms with E-state index in [1.807, 2.05) is 6.07 Å². The number of hydrogen-bond acceptors (Lipinski definition) is 3. The molecule has 6 heteroatoms. The minimum atomic E-state index is -0.178. The molecule has 0 bridgehead atoms. The molecule has 1 unspecified atom stereocenters. The van der Waals surface area contributed by atoms with E-state index in [2.05, 4.69) is 45.5 Å². The largest absolute Gasteiger partial charge is 0.348 e. The third-order valence-corrected chi connectivity index (χ3v) is 5.53. The summed E-state index contributed by atoms with van der Waals surface area (Å²) in [6.07, 6.45) is 2.56. The molecule has 0 aliphatic carbocycles. The molecule has 0 saturated carbocycles. The molecule has 1 aliphatic heterocycles. The van der Waals surface area contributed by atoms with Crippen LogP contribution in [0.1, 0.15) is 41.3 Å². The highest BCUT2D eigenvalue weighted by molar-refractivity contribution is 5.97. The summed E-state index contributed by atoms with van der Waals surface area (Å²) in [6, 6.07) is 13.4. The topological polar surface area (TPSA) is 81.0 Å². The summed E-state index contributed by atoms with van der Waals surface area (Å²) in [7, 11) is 0. The number of nitrogens with zero attached hydrogens (tertiary/aromatic N) is 1. The van der Waals surface area contributed by atoms with Gasteiger partial charge in [-0.1, -0.05) is 31.2 Å². The average molecular weight is 378 g/mol. The molecule has 1 atom stereocenters. The van der Waals surface area contributed by atoms with Crippen LogP contribution in [-0.4, -0.2) is 34.1 Å². The fourth-order valence-corrected chi connectivity index (χ4v) is 4.01. The molecule has 1 fully saturated rings. The lowest BCUT2D eigenvalue weighted by atomic mass is 9.99. The molecule has 2 heterocycles. The number of rotatable bonds is 5. The first kappa shape index (κ1) is 18.5. The number of nitrogens with one attached hydrogen (secondary N) is 3. The molecular formula is C22H26N4O2. The number of carbonyl (C=O) groups is 1. The lowest BCUT2D eigenvalue weighted by Crippen LogP contribution is -2.34. The van der Waals surface area contributed by atoms with Crippen molar-refractivity contribution < 1.29 is 4.79 Å². The summed E-state index contributed by atoms with van der Waals surface area (Å²) in [5.74, 6) is 0.598. The maximum atomic E-state index is 12.6. The molecule has 1 aliphatic rings. The van der Waals surface area contributed by atoms with E-state index < -0.39 is 0 Å². The van der Waals surface area contributed by atoms with Crippen molar-refractivity contribution in [3.8, 4) is 0 Å². The second kappa shape index (κ2) is 8.02. The van der Waals surface area contributed by atoms with Crippen molar-refractivity contribution in [1.82, 2.24) is 20.4 Å². The number of aromatic amines is 2. The molecule has 1 saturated heterocycles. The van der Waals surface area contributed by atoms with Crippen molar-refractivity contribution in [1.29, 1.82) is 0 Å². The smallest absolute Gasteiger partial charge is 0.271 e. The number of hydrogen-bond donors (Lipinski definition) is 3. The summed E-state index contributed by atoms with van der Waals surface area (Å²) >= 11 is 0. The number of fused-ring (bicyclic) bond motifs is 1. The number of piperidine rings is 1. The Morgan fingerprint density at radius 3 is 2.82 bits per heavy atom. The second-order valence-electron chi connectivity index (χ2n) is 7.77. The number of carbonyl (C=O) groups excluding carboxylic acids is 1. The Hall–Kier alpha value is -2.86. The van der Waals surface area contributed by atoms with E-state index in [4.69, 9.17) is 0 Å². The molecule has 146 valence electrons. The van der Waals surface area contributed by atoms with Gasteiger partial charge in [-0.3, -0.25) is 24.7 Å². The Morgan fingerprint density at radius 2 is 2.00 bits per heavy atom. The zero-order valence-corrected chi connectivity index (χ0v) is 16.1. The van der Waals surface area contributed by atoms with Gasteiger partial charge in [-0.2, -0.15) is 0 Å². The van der Waals surface area contributed by atoms with Gasteiger partial charge in [0.25, 0.3) is 11.5 Å². The summed E-state index contributed by atoms with van der Waals surface area (Å²) in [5, 5.41) is 8.89. The van der Waals surface area contributed by atoms with E-state index in [0.717, 1.165) is 31.1 Å². The summed E-state index contributed by atoms with van der Waals surface area (Å²) in [4.78, 5) is 26.7. The minimum absolute atomic E-state index is 0.148. The SMILES string of the molecule is CC1CCCN(Cc2ccccc2CNC(=O)c2ccc3c(=O)[nH][nH]c3c2)C1. The maximum Gasteiger partial charge on any atom is 0.271 e. The van der Waals surface area contributed by atoms with Crippen LogP contribution in [0.5, 0.6) is 0 Å². The van der Waals surface area contributed by atoms with Crippen LogP contribution >= 0.6 is 0 Å². The number of benzene rings is 2. The molecule has 1 amide bonds. The molecule has 0 radical (unpaired) electrons. The van der Waals surface area contributed by atoms with Crippen molar-refractivity contribution >= 4 is 16.8 Å². The normalized spacial score (nSPS) is 17.7. The maximum absolute atomic E-state index is 12.6. The van der Waals surface area contributed by atoms with Gasteiger partial charge in [-0.25, -0.2) is 0 Å². The van der Waals surface area contributed by atoms with E-state index in [9.17, 15) is 9.59 Å². The van der Waals surface area contributed by atoms with Crippen LogP contribution in [0.25, 0.3) is 10.9 Å². The Labute approximate surface area is 163 Å². The van der Waals surface area contributed by atoms with Gasteiger partial charge in [0.1, 0.15) is 0 Å². The van der Waals surface area contributed by atoms with Gasteiger partial charge in [0.15, 0.2) is 0 Å². The Kier molecular flexibility index (Phi) is 5.30. The predicted molar refractivity (Wildman–Crippen MR) is 110 cm³/mol. The quantitative estimate of drug-likeness (QED) is 0.638. The Morgan fingerprint density at radius 1 is 1.18 bits per heavy atom. The van der Waals surface area contributed by atoms with Gasteiger partial charge in [0.2, 0.25) is 0 Å². The zero-order valence-electron chi connectivity index (χ0n) is 16.1. The number of H-pyrrole nitrogens is 2. The van der Waals surface area contributed by atoms with Gasteiger partial charge in [-0.15, -0.1) is 0 Å². The van der Waals surface area contributed by atoms with Crippen molar-refractivity contribution in [3.63, 3.8) is 0 Å². The molecule has 1 aromatic heterocycles. The first-order valence-corrected chi connectivity index (χ1v) is 9.88. The van der Waals surface area contributed by atoms with E-state index in [0.29, 0.717) is 23.0 Å². The Bertz CT molecular complexity index is 1040. The molecule has 28 heavy (non-hydrogen) atoms. The zero-order chi connectivity index (χ0) is 19.5. The molecule has 4 rings (SSSR count). The van der Waals surface area contributed by atoms with Crippen molar-refractivity contribution in [3.05, 3.63) is 69.5 Å². The average Bonchev–Trinajstić information content (AvgIpc) is 3.07. The van der Waals surface area contributed by atoms with E-state index >= 15 is 0 Å². The fraction of sp³-hybridized carbons (Fsp3) is 0.364. The lowest BCUT2D eigenvalue weighted by Gasteiger charge is -2.31. The molecule has 3 aromatic rings. The number of aromatic nitrogens is 2. The minimum Gasteiger partial charge on any atom is -0.348 e. The third kappa shape index (κ3) is 4.02. The van der Waals surface area contributed by atoms with E-state index in [1.54, 1.807) is 18.2 Å². The fourth-order valence-electron chi connectivity index (χ4n) is 4.01. The van der Waals surface area contributed by atoms with Gasteiger partial charge in [0, 0.05) is 25.2 Å². The highest BCUT2D eigenvalue weighted by Gasteiger charge is 2.17. The second-order valence-corrected chi connectivity index (χ2v) is 7.77. The van der Waals surface area contributed by atoms with Crippen molar-refractivity contribution in [2.45, 2.75) is 32.9 Å².